The second-order valence-corrected chi connectivity index (χ2v) is 7.22. The molecule has 0 aliphatic carbocycles. The molecule has 3 aromatic rings. The topological polar surface area (TPSA) is 21.6 Å². The highest BCUT2D eigenvalue weighted by Crippen LogP contribution is 2.33. The van der Waals surface area contributed by atoms with Crippen molar-refractivity contribution < 1.29 is 13.5 Å². The fraction of sp³-hybridized carbons (Fsp3) is 0.208. The Kier molecular flexibility index (Phi) is 4.71. The van der Waals surface area contributed by atoms with Gasteiger partial charge in [0.1, 0.15) is 29.3 Å². The van der Waals surface area contributed by atoms with Gasteiger partial charge in [-0.3, -0.25) is 0 Å². The minimum absolute atomic E-state index is 0.0198. The van der Waals surface area contributed by atoms with Gasteiger partial charge in [-0.05, 0) is 60.7 Å². The molecule has 0 aromatic heterocycles. The van der Waals surface area contributed by atoms with E-state index >= 15 is 0 Å². The molecule has 0 saturated heterocycles. The van der Waals surface area contributed by atoms with E-state index in [4.69, 9.17) is 4.74 Å². The van der Waals surface area contributed by atoms with Gasteiger partial charge >= 0.3 is 0 Å². The zero-order chi connectivity index (χ0) is 19.8. The van der Waals surface area contributed by atoms with Crippen LogP contribution in [0.2, 0.25) is 0 Å². The molecule has 142 valence electrons. The Labute approximate surface area is 163 Å². The van der Waals surface area contributed by atoms with Crippen molar-refractivity contribution in [3.63, 3.8) is 0 Å². The van der Waals surface area contributed by atoms with Crippen molar-refractivity contribution in [2.45, 2.75) is 32.9 Å². The van der Waals surface area contributed by atoms with E-state index in [-0.39, 0.29) is 23.6 Å². The van der Waals surface area contributed by atoms with Crippen molar-refractivity contribution in [1.82, 2.24) is 0 Å². The van der Waals surface area contributed by atoms with Gasteiger partial charge in [0, 0.05) is 0 Å². The van der Waals surface area contributed by atoms with Gasteiger partial charge in [-0.25, -0.2) is 13.8 Å². The van der Waals surface area contributed by atoms with Crippen LogP contribution >= 0.6 is 0 Å². The third-order valence-electron chi connectivity index (χ3n) is 5.27. The van der Waals surface area contributed by atoms with Gasteiger partial charge in [-0.15, -0.1) is 0 Å². The zero-order valence-electron chi connectivity index (χ0n) is 16.0. The summed E-state index contributed by atoms with van der Waals surface area (Å²) in [6.45, 7) is 6.05. The lowest BCUT2D eigenvalue weighted by Gasteiger charge is -2.14. The largest absolute Gasteiger partial charge is 0.472 e. The number of hydrogen-bond donors (Lipinski definition) is 0. The monoisotopic (exact) mass is 377 g/mol. The van der Waals surface area contributed by atoms with Crippen molar-refractivity contribution in [3.05, 3.63) is 94.6 Å². The van der Waals surface area contributed by atoms with E-state index in [0.717, 1.165) is 16.7 Å². The molecule has 0 amide bonds. The van der Waals surface area contributed by atoms with Crippen molar-refractivity contribution in [3.8, 4) is 11.1 Å². The summed E-state index contributed by atoms with van der Waals surface area (Å²) < 4.78 is 33.8. The van der Waals surface area contributed by atoms with Crippen molar-refractivity contribution >= 4 is 5.90 Å². The summed E-state index contributed by atoms with van der Waals surface area (Å²) in [6.07, 6.45) is -0.304. The molecule has 1 heterocycles. The Balaban J connectivity index is 1.64. The number of aliphatic imine (C=N–C) groups is 1. The number of hydrogen-bond acceptors (Lipinski definition) is 2. The summed E-state index contributed by atoms with van der Waals surface area (Å²) in [4.78, 5) is 4.47. The molecule has 0 N–H and O–H groups in total. The van der Waals surface area contributed by atoms with Gasteiger partial charge in [0.2, 0.25) is 5.90 Å². The van der Waals surface area contributed by atoms with Crippen molar-refractivity contribution in [2.24, 2.45) is 4.99 Å². The minimum atomic E-state index is -0.670. The first-order valence-corrected chi connectivity index (χ1v) is 9.30. The lowest BCUT2D eigenvalue weighted by molar-refractivity contribution is 0.213. The number of aryl methyl sites for hydroxylation is 2. The Hall–Kier alpha value is -3.01. The molecule has 28 heavy (non-hydrogen) atoms. The van der Waals surface area contributed by atoms with Gasteiger partial charge in [0.25, 0.3) is 0 Å². The maximum Gasteiger partial charge on any atom is 0.223 e. The van der Waals surface area contributed by atoms with Crippen LogP contribution in [0.15, 0.2) is 65.7 Å². The highest BCUT2D eigenvalue weighted by Gasteiger charge is 2.32. The standard InChI is InChI=1S/C24H21F2NO/c1-14-7-8-19(13-15(14)2)17-9-11-18(12-10-17)23-16(3)28-24(27-23)22-20(25)5-4-6-21(22)26/h4-13,16,23H,1-3H3/t16-,23-/m1/s1. The maximum absolute atomic E-state index is 14.1. The summed E-state index contributed by atoms with van der Waals surface area (Å²) >= 11 is 0. The molecule has 4 rings (SSSR count). The average Bonchev–Trinajstić information content (AvgIpc) is 3.05. The molecule has 2 nitrogen and oxygen atoms in total. The van der Waals surface area contributed by atoms with E-state index in [2.05, 4.69) is 37.0 Å². The van der Waals surface area contributed by atoms with Crippen molar-refractivity contribution in [2.75, 3.05) is 0 Å². The zero-order valence-corrected chi connectivity index (χ0v) is 16.0. The van der Waals surface area contributed by atoms with Crippen LogP contribution in [0, 0.1) is 25.5 Å². The smallest absolute Gasteiger partial charge is 0.223 e. The number of benzene rings is 3. The maximum atomic E-state index is 14.1. The molecule has 0 saturated carbocycles. The highest BCUT2D eigenvalue weighted by molar-refractivity contribution is 5.96. The molecule has 3 aromatic carbocycles. The van der Waals surface area contributed by atoms with Crippen molar-refractivity contribution in [1.29, 1.82) is 0 Å². The Morgan fingerprint density at radius 1 is 0.821 bits per heavy atom. The van der Waals surface area contributed by atoms with Crippen LogP contribution in [0.1, 0.15) is 35.2 Å². The van der Waals surface area contributed by atoms with Crippen LogP contribution in [-0.2, 0) is 4.74 Å². The van der Waals surface area contributed by atoms with Crippen LogP contribution in [0.4, 0.5) is 8.78 Å². The Morgan fingerprint density at radius 2 is 1.46 bits per heavy atom. The number of nitrogens with zero attached hydrogens (tertiary/aromatic N) is 1. The predicted molar refractivity (Wildman–Crippen MR) is 108 cm³/mol. The van der Waals surface area contributed by atoms with E-state index in [1.54, 1.807) is 0 Å². The van der Waals surface area contributed by atoms with E-state index in [1.807, 2.05) is 31.2 Å². The van der Waals surface area contributed by atoms with Gasteiger partial charge in [-0.2, -0.15) is 0 Å². The number of halogens is 2. The van der Waals surface area contributed by atoms with Gasteiger partial charge in [0.05, 0.1) is 0 Å². The lowest BCUT2D eigenvalue weighted by atomic mass is 9.97. The van der Waals surface area contributed by atoms with E-state index in [0.29, 0.717) is 0 Å². The Morgan fingerprint density at radius 3 is 2.11 bits per heavy atom. The highest BCUT2D eigenvalue weighted by atomic mass is 19.1. The van der Waals surface area contributed by atoms with Crippen LogP contribution in [0.25, 0.3) is 11.1 Å². The quantitative estimate of drug-likeness (QED) is 0.536. The van der Waals surface area contributed by atoms with Crippen LogP contribution in [-0.4, -0.2) is 12.0 Å². The molecule has 0 unspecified atom stereocenters. The molecule has 0 fully saturated rings. The first kappa shape index (κ1) is 18.4. The number of rotatable bonds is 3. The molecule has 0 spiro atoms. The van der Waals surface area contributed by atoms with Gasteiger partial charge < -0.3 is 4.74 Å². The van der Waals surface area contributed by atoms with E-state index in [1.165, 1.54) is 29.3 Å². The minimum Gasteiger partial charge on any atom is -0.472 e. The van der Waals surface area contributed by atoms with Crippen LogP contribution in [0.5, 0.6) is 0 Å². The second-order valence-electron chi connectivity index (χ2n) is 7.22. The first-order valence-electron chi connectivity index (χ1n) is 9.30. The molecule has 0 bridgehead atoms. The predicted octanol–water partition coefficient (Wildman–Crippen LogP) is 6.16. The molecule has 4 heteroatoms. The van der Waals surface area contributed by atoms with E-state index in [9.17, 15) is 8.78 Å². The van der Waals surface area contributed by atoms with Gasteiger partial charge in [-0.1, -0.05) is 48.5 Å². The van der Waals surface area contributed by atoms with E-state index < -0.39 is 11.6 Å². The summed E-state index contributed by atoms with van der Waals surface area (Å²) in [5.41, 5.74) is 5.53. The molecular weight excluding hydrogens is 356 g/mol. The molecular formula is C24H21F2NO. The average molecular weight is 377 g/mol. The summed E-state index contributed by atoms with van der Waals surface area (Å²) in [5.74, 6) is -1.32. The SMILES string of the molecule is Cc1ccc(-c2ccc([C@@H]3N=C(c4c(F)cccc4F)O[C@@H]3C)cc2)cc1C. The summed E-state index contributed by atoms with van der Waals surface area (Å²) in [5, 5.41) is 0. The fourth-order valence-corrected chi connectivity index (χ4v) is 3.47. The second kappa shape index (κ2) is 7.19. The normalized spacial score (nSPS) is 18.7. The van der Waals surface area contributed by atoms with Crippen LogP contribution < -0.4 is 0 Å². The van der Waals surface area contributed by atoms with Gasteiger partial charge in [0.15, 0.2) is 0 Å². The summed E-state index contributed by atoms with van der Waals surface area (Å²) in [6, 6.07) is 17.9. The number of ether oxygens (including phenoxy) is 1. The molecule has 1 aliphatic heterocycles. The third kappa shape index (κ3) is 3.31. The fourth-order valence-electron chi connectivity index (χ4n) is 3.47. The summed E-state index contributed by atoms with van der Waals surface area (Å²) in [7, 11) is 0. The lowest BCUT2D eigenvalue weighted by Crippen LogP contribution is -2.14. The molecule has 1 aliphatic rings. The first-order chi connectivity index (χ1) is 13.4. The Bertz CT molecular complexity index is 1040. The third-order valence-corrected chi connectivity index (χ3v) is 5.27. The molecule has 2 atom stereocenters. The van der Waals surface area contributed by atoms with Crippen LogP contribution in [0.3, 0.4) is 0 Å². The molecule has 0 radical (unpaired) electrons.